The number of nitrogens with zero attached hydrogens (tertiary/aromatic N) is 2. The quantitative estimate of drug-likeness (QED) is 0.850. The highest BCUT2D eigenvalue weighted by Crippen LogP contribution is 2.23. The van der Waals surface area contributed by atoms with Crippen LogP contribution in [0.25, 0.3) is 0 Å². The molecule has 1 saturated heterocycles. The van der Waals surface area contributed by atoms with Crippen LogP contribution >= 0.6 is 0 Å². The van der Waals surface area contributed by atoms with Gasteiger partial charge >= 0.3 is 6.09 Å². The predicted molar refractivity (Wildman–Crippen MR) is 90.4 cm³/mol. The van der Waals surface area contributed by atoms with Crippen LogP contribution in [0.4, 0.5) is 10.5 Å². The summed E-state index contributed by atoms with van der Waals surface area (Å²) in [6.45, 7) is 10.6. The average molecular weight is 304 g/mol. The Balaban J connectivity index is 2.03. The van der Waals surface area contributed by atoms with Gasteiger partial charge in [0.05, 0.1) is 18.7 Å². The first-order valence-electron chi connectivity index (χ1n) is 8.35. The second-order valence-electron chi connectivity index (χ2n) is 6.14. The topological polar surface area (TPSA) is 32.8 Å². The molecule has 1 aromatic carbocycles. The molecule has 0 saturated carbocycles. The molecule has 122 valence electrons. The first-order chi connectivity index (χ1) is 10.6. The van der Waals surface area contributed by atoms with Crippen molar-refractivity contribution in [2.24, 2.45) is 0 Å². The van der Waals surface area contributed by atoms with Gasteiger partial charge in [-0.1, -0.05) is 26.0 Å². The number of ether oxygens (including phenoxy) is 1. The Bertz CT molecular complexity index is 474. The Morgan fingerprint density at radius 1 is 1.14 bits per heavy atom. The lowest BCUT2D eigenvalue weighted by Crippen LogP contribution is -2.58. The molecule has 0 radical (unpaired) electrons. The molecule has 4 nitrogen and oxygen atoms in total. The monoisotopic (exact) mass is 304 g/mol. The van der Waals surface area contributed by atoms with Crippen molar-refractivity contribution >= 4 is 11.8 Å². The zero-order valence-electron chi connectivity index (χ0n) is 14.2. The molecule has 1 heterocycles. The first-order valence-corrected chi connectivity index (χ1v) is 8.35. The molecule has 0 bridgehead atoms. The van der Waals surface area contributed by atoms with E-state index in [-0.39, 0.29) is 18.2 Å². The number of carbonyl (C=O) groups is 1. The van der Waals surface area contributed by atoms with E-state index < -0.39 is 0 Å². The van der Waals surface area contributed by atoms with Gasteiger partial charge in [-0.05, 0) is 44.4 Å². The van der Waals surface area contributed by atoms with Crippen molar-refractivity contribution in [3.8, 4) is 0 Å². The van der Waals surface area contributed by atoms with Crippen molar-refractivity contribution in [1.82, 2.24) is 4.90 Å². The Hall–Kier alpha value is -1.71. The van der Waals surface area contributed by atoms with E-state index in [1.54, 1.807) is 0 Å². The molecular formula is C18H28N2O2. The van der Waals surface area contributed by atoms with Crippen molar-refractivity contribution in [2.45, 2.75) is 52.6 Å². The van der Waals surface area contributed by atoms with Gasteiger partial charge in [0.1, 0.15) is 0 Å². The van der Waals surface area contributed by atoms with E-state index in [0.717, 1.165) is 25.9 Å². The summed E-state index contributed by atoms with van der Waals surface area (Å²) in [5.74, 6) is 0. The van der Waals surface area contributed by atoms with E-state index in [9.17, 15) is 4.79 Å². The fraction of sp³-hybridized carbons (Fsp3) is 0.611. The SMILES string of the molecule is CCCOC(=O)N1C(C)CN(c2ccc(CC)cc2)CC1C. The largest absolute Gasteiger partial charge is 0.449 e. The van der Waals surface area contributed by atoms with Gasteiger partial charge in [0.15, 0.2) is 0 Å². The molecule has 0 aromatic heterocycles. The van der Waals surface area contributed by atoms with Crippen LogP contribution in [-0.4, -0.2) is 42.8 Å². The molecule has 2 atom stereocenters. The van der Waals surface area contributed by atoms with Crippen molar-refractivity contribution in [3.63, 3.8) is 0 Å². The Labute approximate surface area is 134 Å². The van der Waals surface area contributed by atoms with Gasteiger partial charge in [0.2, 0.25) is 0 Å². The summed E-state index contributed by atoms with van der Waals surface area (Å²) in [6.07, 6.45) is 1.74. The second-order valence-corrected chi connectivity index (χ2v) is 6.14. The number of carbonyl (C=O) groups excluding carboxylic acids is 1. The number of anilines is 1. The molecule has 22 heavy (non-hydrogen) atoms. The maximum Gasteiger partial charge on any atom is 0.410 e. The number of rotatable bonds is 4. The molecule has 0 aliphatic carbocycles. The van der Waals surface area contributed by atoms with Crippen LogP contribution < -0.4 is 4.90 Å². The van der Waals surface area contributed by atoms with E-state index in [1.807, 2.05) is 11.8 Å². The lowest BCUT2D eigenvalue weighted by molar-refractivity contribution is 0.0663. The number of amides is 1. The summed E-state index contributed by atoms with van der Waals surface area (Å²) in [5, 5.41) is 0. The zero-order chi connectivity index (χ0) is 16.1. The molecule has 2 unspecified atom stereocenters. The highest BCUT2D eigenvalue weighted by atomic mass is 16.6. The summed E-state index contributed by atoms with van der Waals surface area (Å²) in [7, 11) is 0. The van der Waals surface area contributed by atoms with Crippen molar-refractivity contribution in [1.29, 1.82) is 0 Å². The molecule has 0 N–H and O–H groups in total. The fourth-order valence-electron chi connectivity index (χ4n) is 3.10. The minimum Gasteiger partial charge on any atom is -0.449 e. The zero-order valence-corrected chi connectivity index (χ0v) is 14.2. The van der Waals surface area contributed by atoms with Crippen molar-refractivity contribution in [2.75, 3.05) is 24.6 Å². The Morgan fingerprint density at radius 3 is 2.23 bits per heavy atom. The molecule has 1 aromatic rings. The van der Waals surface area contributed by atoms with Crippen LogP contribution in [0, 0.1) is 0 Å². The summed E-state index contributed by atoms with van der Waals surface area (Å²) in [5.41, 5.74) is 2.59. The van der Waals surface area contributed by atoms with Gasteiger partial charge in [-0.3, -0.25) is 4.90 Å². The average Bonchev–Trinajstić information content (AvgIpc) is 2.52. The minimum absolute atomic E-state index is 0.152. The van der Waals surface area contributed by atoms with Crippen molar-refractivity contribution < 1.29 is 9.53 Å². The van der Waals surface area contributed by atoms with Gasteiger partial charge in [0, 0.05) is 18.8 Å². The Kier molecular flexibility index (Phi) is 5.69. The molecular weight excluding hydrogens is 276 g/mol. The van der Waals surface area contributed by atoms with Crippen LogP contribution in [0.2, 0.25) is 0 Å². The van der Waals surface area contributed by atoms with Crippen LogP contribution in [0.3, 0.4) is 0 Å². The molecule has 2 rings (SSSR count). The maximum absolute atomic E-state index is 12.2. The first kappa shape index (κ1) is 16.7. The molecule has 1 fully saturated rings. The summed E-state index contributed by atoms with van der Waals surface area (Å²) in [6, 6.07) is 9.05. The standard InChI is InChI=1S/C18H28N2O2/c1-5-11-22-18(21)20-14(3)12-19(13-15(20)4)17-9-7-16(6-2)8-10-17/h7-10,14-15H,5-6,11-13H2,1-4H3. The fourth-order valence-corrected chi connectivity index (χ4v) is 3.10. The number of hydrogen-bond acceptors (Lipinski definition) is 3. The number of benzene rings is 1. The number of aryl methyl sites for hydroxylation is 1. The summed E-state index contributed by atoms with van der Waals surface area (Å²) < 4.78 is 5.31. The lowest BCUT2D eigenvalue weighted by Gasteiger charge is -2.44. The van der Waals surface area contributed by atoms with E-state index in [2.05, 4.69) is 49.9 Å². The van der Waals surface area contributed by atoms with Gasteiger partial charge in [-0.2, -0.15) is 0 Å². The van der Waals surface area contributed by atoms with E-state index in [1.165, 1.54) is 11.3 Å². The van der Waals surface area contributed by atoms with Gasteiger partial charge < -0.3 is 9.64 Å². The summed E-state index contributed by atoms with van der Waals surface area (Å²) in [4.78, 5) is 16.4. The number of hydrogen-bond donors (Lipinski definition) is 0. The molecule has 1 amide bonds. The molecule has 4 heteroatoms. The molecule has 0 spiro atoms. The Morgan fingerprint density at radius 2 is 1.73 bits per heavy atom. The van der Waals surface area contributed by atoms with Gasteiger partial charge in [-0.15, -0.1) is 0 Å². The smallest absolute Gasteiger partial charge is 0.410 e. The lowest BCUT2D eigenvalue weighted by atomic mass is 10.1. The van der Waals surface area contributed by atoms with E-state index in [0.29, 0.717) is 6.61 Å². The molecule has 1 aliphatic heterocycles. The highest BCUT2D eigenvalue weighted by molar-refractivity contribution is 5.69. The normalized spacial score (nSPS) is 21.8. The third-order valence-electron chi connectivity index (χ3n) is 4.27. The van der Waals surface area contributed by atoms with E-state index >= 15 is 0 Å². The van der Waals surface area contributed by atoms with Crippen LogP contribution in [-0.2, 0) is 11.2 Å². The van der Waals surface area contributed by atoms with Crippen LogP contribution in [0.15, 0.2) is 24.3 Å². The highest BCUT2D eigenvalue weighted by Gasteiger charge is 2.33. The third kappa shape index (κ3) is 3.73. The number of piperazine rings is 1. The van der Waals surface area contributed by atoms with Crippen molar-refractivity contribution in [3.05, 3.63) is 29.8 Å². The van der Waals surface area contributed by atoms with Crippen LogP contribution in [0.1, 0.15) is 39.7 Å². The predicted octanol–water partition coefficient (Wildman–Crippen LogP) is 3.69. The van der Waals surface area contributed by atoms with Gasteiger partial charge in [-0.25, -0.2) is 4.79 Å². The second kappa shape index (κ2) is 7.52. The maximum atomic E-state index is 12.2. The minimum atomic E-state index is -0.178. The van der Waals surface area contributed by atoms with Crippen LogP contribution in [0.5, 0.6) is 0 Å². The third-order valence-corrected chi connectivity index (χ3v) is 4.27. The molecule has 1 aliphatic rings. The van der Waals surface area contributed by atoms with E-state index in [4.69, 9.17) is 4.74 Å². The summed E-state index contributed by atoms with van der Waals surface area (Å²) >= 11 is 0. The van der Waals surface area contributed by atoms with Gasteiger partial charge in [0.25, 0.3) is 0 Å².